The van der Waals surface area contributed by atoms with Crippen LogP contribution in [-0.4, -0.2) is 62.4 Å². The smallest absolute Gasteiger partial charge is 0.276 e. The molecule has 4 rings (SSSR count). The first kappa shape index (κ1) is 31.2. The van der Waals surface area contributed by atoms with Crippen LogP contribution in [0.2, 0.25) is 0 Å². The lowest BCUT2D eigenvalue weighted by Gasteiger charge is -2.16. The van der Waals surface area contributed by atoms with Crippen molar-refractivity contribution >= 4 is 40.9 Å². The van der Waals surface area contributed by atoms with Crippen molar-refractivity contribution in [1.82, 2.24) is 10.2 Å². The summed E-state index contributed by atoms with van der Waals surface area (Å²) in [4.78, 5) is 27.2. The van der Waals surface area contributed by atoms with Gasteiger partial charge in [-0.05, 0) is 86.1 Å². The molecule has 43 heavy (non-hydrogen) atoms. The zero-order chi connectivity index (χ0) is 30.8. The summed E-state index contributed by atoms with van der Waals surface area (Å²) in [5, 5.41) is 6.11. The van der Waals surface area contributed by atoms with Gasteiger partial charge in [0.05, 0.1) is 33.1 Å². The van der Waals surface area contributed by atoms with Crippen LogP contribution in [0.25, 0.3) is 6.08 Å². The van der Waals surface area contributed by atoms with Crippen LogP contribution < -0.4 is 34.3 Å². The first-order valence-corrected chi connectivity index (χ1v) is 14.2. The maximum Gasteiger partial charge on any atom is 0.276 e. The maximum atomic E-state index is 13.2. The van der Waals surface area contributed by atoms with Gasteiger partial charge in [-0.1, -0.05) is 24.3 Å². The van der Waals surface area contributed by atoms with Gasteiger partial charge in [-0.15, -0.1) is 0 Å². The summed E-state index contributed by atoms with van der Waals surface area (Å²) in [5.41, 5.74) is 2.58. The number of ether oxygens (including phenoxy) is 5. The molecule has 3 aromatic rings. The second-order valence-electron chi connectivity index (χ2n) is 9.29. The van der Waals surface area contributed by atoms with Crippen molar-refractivity contribution in [2.45, 2.75) is 20.3 Å². The molecule has 0 atom stereocenters. The van der Waals surface area contributed by atoms with Crippen molar-refractivity contribution in [3.05, 3.63) is 77.5 Å². The van der Waals surface area contributed by atoms with Crippen LogP contribution in [0, 0.1) is 0 Å². The Bertz CT molecular complexity index is 1510. The molecule has 0 bridgehead atoms. The molecular formula is C32H35N3O7S. The van der Waals surface area contributed by atoms with Crippen LogP contribution >= 0.6 is 12.2 Å². The van der Waals surface area contributed by atoms with Crippen LogP contribution in [-0.2, 0) is 16.0 Å². The molecular weight excluding hydrogens is 570 g/mol. The lowest BCUT2D eigenvalue weighted by atomic mass is 10.1. The minimum absolute atomic E-state index is 0.228. The molecule has 0 unspecified atom stereocenters. The number of thiocarbonyl (C=S) groups is 1. The van der Waals surface area contributed by atoms with E-state index in [1.807, 2.05) is 38.1 Å². The van der Waals surface area contributed by atoms with Crippen LogP contribution in [0.3, 0.4) is 0 Å². The predicted molar refractivity (Wildman–Crippen MR) is 168 cm³/mol. The molecule has 0 spiro atoms. The summed E-state index contributed by atoms with van der Waals surface area (Å²) in [6, 6.07) is 18.0. The number of nitrogens with one attached hydrogen (secondary N) is 2. The Morgan fingerprint density at radius 3 is 2.33 bits per heavy atom. The van der Waals surface area contributed by atoms with E-state index in [2.05, 4.69) is 10.6 Å². The van der Waals surface area contributed by atoms with Crippen molar-refractivity contribution < 1.29 is 33.3 Å². The standard InChI is InChI=1S/C32H35N3O7S/c1-5-40-27-13-11-21(18-29(27)41-6-2)15-16-35-31(37)24(34-32(35)43)17-22-12-14-26(28(19-22)39-4)42-20-30(36)33-23-9-7-8-10-25(23)38-3/h7-14,17-19H,5-6,15-16,20H2,1-4H3,(H,33,36)(H,34,43)/b24-17+. The molecule has 1 aliphatic heterocycles. The summed E-state index contributed by atoms with van der Waals surface area (Å²) in [6.07, 6.45) is 2.28. The highest BCUT2D eigenvalue weighted by molar-refractivity contribution is 7.80. The van der Waals surface area contributed by atoms with E-state index >= 15 is 0 Å². The van der Waals surface area contributed by atoms with E-state index in [4.69, 9.17) is 35.9 Å². The molecule has 0 radical (unpaired) electrons. The van der Waals surface area contributed by atoms with Crippen molar-refractivity contribution in [3.63, 3.8) is 0 Å². The third kappa shape index (κ3) is 7.95. The molecule has 1 aliphatic rings. The fourth-order valence-corrected chi connectivity index (χ4v) is 4.69. The average molecular weight is 606 g/mol. The minimum Gasteiger partial charge on any atom is -0.495 e. The first-order chi connectivity index (χ1) is 20.9. The number of carbonyl (C=O) groups excluding carboxylic acids is 2. The molecule has 0 aromatic heterocycles. The minimum atomic E-state index is -0.355. The van der Waals surface area contributed by atoms with Gasteiger partial charge >= 0.3 is 0 Å². The van der Waals surface area contributed by atoms with E-state index < -0.39 is 0 Å². The number of benzene rings is 3. The van der Waals surface area contributed by atoms with Crippen LogP contribution in [0.15, 0.2) is 66.4 Å². The third-order valence-corrected chi connectivity index (χ3v) is 6.76. The van der Waals surface area contributed by atoms with Crippen LogP contribution in [0.1, 0.15) is 25.0 Å². The van der Waals surface area contributed by atoms with Crippen molar-refractivity contribution in [2.24, 2.45) is 0 Å². The highest BCUT2D eigenvalue weighted by atomic mass is 32.1. The molecule has 0 saturated carbocycles. The predicted octanol–water partition coefficient (Wildman–Crippen LogP) is 4.82. The van der Waals surface area contributed by atoms with Crippen molar-refractivity contribution in [3.8, 4) is 28.7 Å². The summed E-state index contributed by atoms with van der Waals surface area (Å²) >= 11 is 5.46. The zero-order valence-corrected chi connectivity index (χ0v) is 25.4. The zero-order valence-electron chi connectivity index (χ0n) is 24.6. The normalized spacial score (nSPS) is 13.5. The van der Waals surface area contributed by atoms with E-state index in [0.29, 0.717) is 77.0 Å². The van der Waals surface area contributed by atoms with E-state index in [1.54, 1.807) is 42.5 Å². The molecule has 2 amide bonds. The number of hydrogen-bond donors (Lipinski definition) is 2. The Kier molecular flexibility index (Phi) is 10.8. The third-order valence-electron chi connectivity index (χ3n) is 6.43. The second-order valence-corrected chi connectivity index (χ2v) is 9.68. The number of methoxy groups -OCH3 is 2. The van der Waals surface area contributed by atoms with Gasteiger partial charge < -0.3 is 34.3 Å². The Balaban J connectivity index is 1.38. The topological polar surface area (TPSA) is 108 Å². The number of rotatable bonds is 14. The van der Waals surface area contributed by atoms with Crippen LogP contribution in [0.5, 0.6) is 28.7 Å². The van der Waals surface area contributed by atoms with Gasteiger partial charge in [0.2, 0.25) is 0 Å². The molecule has 2 N–H and O–H groups in total. The Morgan fingerprint density at radius 1 is 0.884 bits per heavy atom. The van der Waals surface area contributed by atoms with Gasteiger partial charge in [-0.2, -0.15) is 0 Å². The highest BCUT2D eigenvalue weighted by Crippen LogP contribution is 2.31. The lowest BCUT2D eigenvalue weighted by molar-refractivity contribution is -0.122. The molecule has 1 heterocycles. The van der Waals surface area contributed by atoms with Gasteiger partial charge in [-0.25, -0.2) is 0 Å². The van der Waals surface area contributed by atoms with Gasteiger partial charge in [0, 0.05) is 6.54 Å². The van der Waals surface area contributed by atoms with Crippen molar-refractivity contribution in [1.29, 1.82) is 0 Å². The molecule has 11 heteroatoms. The number of nitrogens with zero attached hydrogens (tertiary/aromatic N) is 1. The summed E-state index contributed by atoms with van der Waals surface area (Å²) in [6.45, 7) is 5.07. The fraction of sp³-hybridized carbons (Fsp3) is 0.281. The number of carbonyl (C=O) groups is 2. The van der Waals surface area contributed by atoms with E-state index in [0.717, 1.165) is 5.56 Å². The molecule has 1 saturated heterocycles. The molecule has 10 nitrogen and oxygen atoms in total. The molecule has 3 aromatic carbocycles. The first-order valence-electron chi connectivity index (χ1n) is 13.8. The SMILES string of the molecule is CCOc1ccc(CCN2C(=O)/C(=C\c3ccc(OCC(=O)Nc4ccccc4OC)c(OC)c3)NC2=S)cc1OCC. The average Bonchev–Trinajstić information content (AvgIpc) is 3.27. The van der Waals surface area contributed by atoms with E-state index in [1.165, 1.54) is 19.1 Å². The fourth-order valence-electron chi connectivity index (χ4n) is 4.40. The lowest BCUT2D eigenvalue weighted by Crippen LogP contribution is -2.32. The summed E-state index contributed by atoms with van der Waals surface area (Å²) in [7, 11) is 3.03. The highest BCUT2D eigenvalue weighted by Gasteiger charge is 2.30. The van der Waals surface area contributed by atoms with Gasteiger partial charge in [-0.3, -0.25) is 14.5 Å². The largest absolute Gasteiger partial charge is 0.495 e. The van der Waals surface area contributed by atoms with Crippen LogP contribution in [0.4, 0.5) is 5.69 Å². The van der Waals surface area contributed by atoms with Gasteiger partial charge in [0.1, 0.15) is 11.4 Å². The summed E-state index contributed by atoms with van der Waals surface area (Å²) in [5.74, 6) is 2.12. The molecule has 226 valence electrons. The quantitative estimate of drug-likeness (QED) is 0.198. The monoisotopic (exact) mass is 605 g/mol. The number of amides is 2. The maximum absolute atomic E-state index is 13.2. The number of para-hydroxylation sites is 2. The van der Waals surface area contributed by atoms with E-state index in [-0.39, 0.29) is 18.4 Å². The van der Waals surface area contributed by atoms with Gasteiger partial charge in [0.25, 0.3) is 11.8 Å². The Labute approximate surface area is 256 Å². The Morgan fingerprint density at radius 2 is 1.58 bits per heavy atom. The second kappa shape index (κ2) is 14.9. The van der Waals surface area contributed by atoms with Gasteiger partial charge in [0.15, 0.2) is 34.7 Å². The van der Waals surface area contributed by atoms with E-state index in [9.17, 15) is 9.59 Å². The summed E-state index contributed by atoms with van der Waals surface area (Å²) < 4.78 is 27.8. The molecule has 1 fully saturated rings. The molecule has 0 aliphatic carbocycles. The number of hydrogen-bond acceptors (Lipinski definition) is 8. The Hall–Kier alpha value is -4.77. The number of anilines is 1. The van der Waals surface area contributed by atoms with Crippen molar-refractivity contribution in [2.75, 3.05) is 45.9 Å².